The van der Waals surface area contributed by atoms with E-state index in [-0.39, 0.29) is 46.0 Å². The van der Waals surface area contributed by atoms with Crippen molar-refractivity contribution in [3.63, 3.8) is 0 Å². The number of aromatic nitrogens is 5. The number of benzene rings is 1. The summed E-state index contributed by atoms with van der Waals surface area (Å²) in [6.45, 7) is 3.35. The monoisotopic (exact) mass is 626 g/mol. The molecule has 0 unspecified atom stereocenters. The number of rotatable bonds is 10. The van der Waals surface area contributed by atoms with Gasteiger partial charge in [-0.05, 0) is 37.1 Å². The molecule has 2 fully saturated rings. The van der Waals surface area contributed by atoms with Crippen LogP contribution >= 0.6 is 11.8 Å². The first-order valence-corrected chi connectivity index (χ1v) is 15.2. The average molecular weight is 627 g/mol. The van der Waals surface area contributed by atoms with Gasteiger partial charge in [0.1, 0.15) is 37.0 Å². The molecular formula is C29H32F2N8O4S. The standard InChI is InChI=1S/C29H32F2N8O4S/c1-18(2)44-20-4-5-24(43-29(30)31)21(12-20)26-23(34-28(41)22-13-33-39-9-3-8-32-27(22)39)14-38(35-26)15-25(40)36-10-6-19(7-11-36)37-16-42-17-37/h3-5,8-9,12-14,18-19,29H,6-7,10-11,15-17H2,1-2H3,(H,34,41). The van der Waals surface area contributed by atoms with Gasteiger partial charge >= 0.3 is 6.61 Å². The van der Waals surface area contributed by atoms with Crippen LogP contribution in [0.3, 0.4) is 0 Å². The number of nitrogens with one attached hydrogen (secondary N) is 1. The highest BCUT2D eigenvalue weighted by molar-refractivity contribution is 7.99. The number of ether oxygens (including phenoxy) is 2. The molecule has 4 aromatic rings. The zero-order chi connectivity index (χ0) is 30.8. The van der Waals surface area contributed by atoms with E-state index in [9.17, 15) is 18.4 Å². The molecule has 232 valence electrons. The van der Waals surface area contributed by atoms with Crippen LogP contribution in [-0.4, -0.2) is 90.4 Å². The number of hydrogen-bond acceptors (Lipinski definition) is 9. The molecule has 2 saturated heterocycles. The maximum atomic E-state index is 13.5. The van der Waals surface area contributed by atoms with E-state index in [0.29, 0.717) is 38.2 Å². The van der Waals surface area contributed by atoms with Crippen molar-refractivity contribution in [2.24, 2.45) is 0 Å². The summed E-state index contributed by atoms with van der Waals surface area (Å²) in [5, 5.41) is 11.9. The van der Waals surface area contributed by atoms with E-state index in [4.69, 9.17) is 9.47 Å². The first kappa shape index (κ1) is 30.0. The quantitative estimate of drug-likeness (QED) is 0.259. The number of anilines is 1. The van der Waals surface area contributed by atoms with Gasteiger partial charge in [0, 0.05) is 53.4 Å². The van der Waals surface area contributed by atoms with Gasteiger partial charge in [-0.3, -0.25) is 19.2 Å². The summed E-state index contributed by atoms with van der Waals surface area (Å²) in [6.07, 6.45) is 7.84. The van der Waals surface area contributed by atoms with Gasteiger partial charge in [-0.15, -0.1) is 11.8 Å². The molecule has 5 heterocycles. The fourth-order valence-corrected chi connectivity index (χ4v) is 6.21. The van der Waals surface area contributed by atoms with E-state index < -0.39 is 12.5 Å². The summed E-state index contributed by atoms with van der Waals surface area (Å²) >= 11 is 1.54. The van der Waals surface area contributed by atoms with Crippen molar-refractivity contribution in [2.75, 3.05) is 31.9 Å². The van der Waals surface area contributed by atoms with Gasteiger partial charge in [0.25, 0.3) is 5.91 Å². The molecule has 6 rings (SSSR count). The van der Waals surface area contributed by atoms with Crippen molar-refractivity contribution in [2.45, 2.75) is 56.0 Å². The number of thioether (sulfide) groups is 1. The van der Waals surface area contributed by atoms with E-state index >= 15 is 0 Å². The molecular weight excluding hydrogens is 594 g/mol. The van der Waals surface area contributed by atoms with Gasteiger partial charge in [-0.25, -0.2) is 9.50 Å². The Morgan fingerprint density at radius 3 is 2.70 bits per heavy atom. The number of nitrogens with zero attached hydrogens (tertiary/aromatic N) is 7. The number of hydrogen-bond donors (Lipinski definition) is 1. The van der Waals surface area contributed by atoms with E-state index in [2.05, 4.69) is 25.4 Å². The molecule has 1 N–H and O–H groups in total. The zero-order valence-electron chi connectivity index (χ0n) is 24.2. The SMILES string of the molecule is CC(C)Sc1ccc(OC(F)F)c(-c2nn(CC(=O)N3CCC(N4COC4)CC3)cc2NC(=O)c2cnn3cccnc23)c1. The van der Waals surface area contributed by atoms with Crippen LogP contribution in [0.1, 0.15) is 37.0 Å². The molecule has 0 radical (unpaired) electrons. The second-order valence-corrected chi connectivity index (χ2v) is 12.5. The minimum absolute atomic E-state index is 0.0931. The average Bonchev–Trinajstić information content (AvgIpc) is 3.57. The molecule has 44 heavy (non-hydrogen) atoms. The van der Waals surface area contributed by atoms with Gasteiger partial charge in [-0.1, -0.05) is 13.8 Å². The third-order valence-corrected chi connectivity index (χ3v) is 8.47. The summed E-state index contributed by atoms with van der Waals surface area (Å²) in [5.74, 6) is -0.753. The van der Waals surface area contributed by atoms with E-state index in [1.807, 2.05) is 13.8 Å². The maximum Gasteiger partial charge on any atom is 0.387 e. The van der Waals surface area contributed by atoms with Crippen LogP contribution in [0.15, 0.2) is 53.9 Å². The highest BCUT2D eigenvalue weighted by atomic mass is 32.2. The molecule has 2 aliphatic heterocycles. The minimum Gasteiger partial charge on any atom is -0.434 e. The number of piperidine rings is 1. The molecule has 12 nitrogen and oxygen atoms in total. The summed E-state index contributed by atoms with van der Waals surface area (Å²) in [5.41, 5.74) is 1.23. The Morgan fingerprint density at radius 1 is 1.20 bits per heavy atom. The van der Waals surface area contributed by atoms with Crippen LogP contribution < -0.4 is 10.1 Å². The van der Waals surface area contributed by atoms with E-state index in [1.165, 1.54) is 27.7 Å². The molecule has 0 saturated carbocycles. The Bertz CT molecular complexity index is 1650. The molecule has 1 aromatic carbocycles. The second kappa shape index (κ2) is 12.9. The minimum atomic E-state index is -3.07. The molecule has 15 heteroatoms. The van der Waals surface area contributed by atoms with E-state index in [0.717, 1.165) is 17.7 Å². The number of amides is 2. The summed E-state index contributed by atoms with van der Waals surface area (Å²) in [7, 11) is 0. The third-order valence-electron chi connectivity index (χ3n) is 7.47. The lowest BCUT2D eigenvalue weighted by atomic mass is 10.0. The maximum absolute atomic E-state index is 13.5. The van der Waals surface area contributed by atoms with Crippen molar-refractivity contribution in [1.29, 1.82) is 0 Å². The van der Waals surface area contributed by atoms with Crippen molar-refractivity contribution < 1.29 is 27.8 Å². The lowest BCUT2D eigenvalue weighted by Gasteiger charge is -2.42. The normalized spacial score (nSPS) is 16.1. The lowest BCUT2D eigenvalue weighted by Crippen LogP contribution is -2.52. The molecule has 3 aromatic heterocycles. The van der Waals surface area contributed by atoms with Gasteiger partial charge in [0.15, 0.2) is 5.65 Å². The third kappa shape index (κ3) is 6.54. The van der Waals surface area contributed by atoms with Gasteiger partial charge in [0.2, 0.25) is 5.91 Å². The molecule has 0 atom stereocenters. The Morgan fingerprint density at radius 2 is 2.00 bits per heavy atom. The van der Waals surface area contributed by atoms with Crippen LogP contribution in [-0.2, 0) is 16.1 Å². The zero-order valence-corrected chi connectivity index (χ0v) is 25.0. The first-order valence-electron chi connectivity index (χ1n) is 14.3. The van der Waals surface area contributed by atoms with Crippen LogP contribution in [0.2, 0.25) is 0 Å². The number of halogens is 2. The van der Waals surface area contributed by atoms with Crippen LogP contribution in [0.25, 0.3) is 16.9 Å². The van der Waals surface area contributed by atoms with Crippen LogP contribution in [0.5, 0.6) is 5.75 Å². The first-order chi connectivity index (χ1) is 21.2. The molecule has 2 aliphatic rings. The molecule has 0 spiro atoms. The number of fused-ring (bicyclic) bond motifs is 1. The Hall–Kier alpha value is -4.08. The highest BCUT2D eigenvalue weighted by Crippen LogP contribution is 2.39. The van der Waals surface area contributed by atoms with Crippen molar-refractivity contribution >= 4 is 34.9 Å². The lowest BCUT2D eigenvalue weighted by molar-refractivity contribution is -0.173. The molecule has 0 aliphatic carbocycles. The Labute approximate surface area is 256 Å². The smallest absolute Gasteiger partial charge is 0.387 e. The number of carbonyl (C=O) groups excluding carboxylic acids is 2. The number of carbonyl (C=O) groups is 2. The number of likely N-dealkylation sites (tertiary alicyclic amines) is 1. The van der Waals surface area contributed by atoms with Gasteiger partial charge in [-0.2, -0.15) is 19.0 Å². The Kier molecular flexibility index (Phi) is 8.77. The molecule has 0 bridgehead atoms. The Balaban J connectivity index is 1.31. The van der Waals surface area contributed by atoms with Gasteiger partial charge < -0.3 is 19.7 Å². The molecule has 2 amide bonds. The summed E-state index contributed by atoms with van der Waals surface area (Å²) in [4.78, 5) is 35.9. The topological polar surface area (TPSA) is 119 Å². The fourth-order valence-electron chi connectivity index (χ4n) is 5.33. The predicted molar refractivity (Wildman–Crippen MR) is 158 cm³/mol. The van der Waals surface area contributed by atoms with Gasteiger partial charge in [0.05, 0.1) is 11.9 Å². The van der Waals surface area contributed by atoms with Crippen LogP contribution in [0, 0.1) is 0 Å². The van der Waals surface area contributed by atoms with Crippen molar-refractivity contribution in [3.8, 4) is 17.0 Å². The predicted octanol–water partition coefficient (Wildman–Crippen LogP) is 4.19. The van der Waals surface area contributed by atoms with Crippen LogP contribution in [0.4, 0.5) is 14.5 Å². The van der Waals surface area contributed by atoms with E-state index in [1.54, 1.807) is 47.3 Å². The summed E-state index contributed by atoms with van der Waals surface area (Å²) in [6, 6.07) is 6.95. The number of alkyl halides is 2. The van der Waals surface area contributed by atoms with Crippen molar-refractivity contribution in [1.82, 2.24) is 34.2 Å². The van der Waals surface area contributed by atoms with Crippen molar-refractivity contribution in [3.05, 3.63) is 54.6 Å². The highest BCUT2D eigenvalue weighted by Gasteiger charge is 2.30. The largest absolute Gasteiger partial charge is 0.434 e. The fraction of sp³-hybridized carbons (Fsp3) is 0.414. The summed E-state index contributed by atoms with van der Waals surface area (Å²) < 4.78 is 39.9. The second-order valence-electron chi connectivity index (χ2n) is 10.9.